The van der Waals surface area contributed by atoms with Crippen molar-refractivity contribution >= 4 is 17.4 Å². The molecular formula is C15H22N2S. The second-order valence-electron chi connectivity index (χ2n) is 5.43. The summed E-state index contributed by atoms with van der Waals surface area (Å²) < 4.78 is 0. The summed E-state index contributed by atoms with van der Waals surface area (Å²) in [5.74, 6) is 2.64. The molecule has 0 amide bonds. The van der Waals surface area contributed by atoms with E-state index in [9.17, 15) is 0 Å². The second-order valence-corrected chi connectivity index (χ2v) is 6.58. The van der Waals surface area contributed by atoms with Gasteiger partial charge in [0.1, 0.15) is 0 Å². The molecule has 1 atom stereocenters. The van der Waals surface area contributed by atoms with Gasteiger partial charge >= 0.3 is 0 Å². The summed E-state index contributed by atoms with van der Waals surface area (Å²) in [7, 11) is 2.18. The molecule has 2 aliphatic heterocycles. The first-order valence-corrected chi connectivity index (χ1v) is 8.12. The first kappa shape index (κ1) is 12.4. The van der Waals surface area contributed by atoms with Crippen LogP contribution < -0.4 is 10.2 Å². The molecule has 0 spiro atoms. The lowest BCUT2D eigenvalue weighted by atomic mass is 10.1. The van der Waals surface area contributed by atoms with Crippen LogP contribution in [0.3, 0.4) is 0 Å². The molecule has 1 fully saturated rings. The maximum atomic E-state index is 3.71. The number of hydrogen-bond donors (Lipinski definition) is 1. The van der Waals surface area contributed by atoms with Crippen molar-refractivity contribution in [2.75, 3.05) is 30.0 Å². The lowest BCUT2D eigenvalue weighted by Crippen LogP contribution is -2.33. The number of anilines is 1. The van der Waals surface area contributed by atoms with Gasteiger partial charge < -0.3 is 10.2 Å². The smallest absolute Gasteiger partial charge is 0.0397 e. The topological polar surface area (TPSA) is 15.3 Å². The molecule has 1 unspecified atom stereocenters. The van der Waals surface area contributed by atoms with Crippen LogP contribution in [-0.2, 0) is 13.0 Å². The Morgan fingerprint density at radius 2 is 2.39 bits per heavy atom. The fourth-order valence-corrected chi connectivity index (χ4v) is 4.00. The zero-order chi connectivity index (χ0) is 12.4. The molecule has 1 aromatic rings. The Labute approximate surface area is 114 Å². The molecule has 18 heavy (non-hydrogen) atoms. The molecular weight excluding hydrogens is 240 g/mol. The van der Waals surface area contributed by atoms with E-state index in [0.717, 1.165) is 12.6 Å². The quantitative estimate of drug-likeness (QED) is 0.901. The molecule has 0 aromatic heterocycles. The third-order valence-electron chi connectivity index (χ3n) is 4.03. The van der Waals surface area contributed by atoms with Crippen molar-refractivity contribution in [1.82, 2.24) is 5.32 Å². The van der Waals surface area contributed by atoms with Gasteiger partial charge in [0, 0.05) is 37.6 Å². The predicted octanol–water partition coefficient (Wildman–Crippen LogP) is 2.66. The van der Waals surface area contributed by atoms with Gasteiger partial charge in [-0.2, -0.15) is 11.8 Å². The molecule has 0 aliphatic carbocycles. The van der Waals surface area contributed by atoms with Crippen molar-refractivity contribution in [2.24, 2.45) is 0 Å². The third-order valence-corrected chi connectivity index (χ3v) is 5.24. The van der Waals surface area contributed by atoms with E-state index in [0.29, 0.717) is 0 Å². The number of nitrogens with zero attached hydrogens (tertiary/aromatic N) is 1. The predicted molar refractivity (Wildman–Crippen MR) is 80.6 cm³/mol. The van der Waals surface area contributed by atoms with Crippen LogP contribution in [0, 0.1) is 0 Å². The second kappa shape index (κ2) is 5.54. The highest BCUT2D eigenvalue weighted by Crippen LogP contribution is 2.27. The van der Waals surface area contributed by atoms with E-state index in [1.165, 1.54) is 54.1 Å². The Hall–Kier alpha value is -0.670. The highest BCUT2D eigenvalue weighted by atomic mass is 32.2. The average molecular weight is 262 g/mol. The molecule has 0 bridgehead atoms. The van der Waals surface area contributed by atoms with E-state index >= 15 is 0 Å². The fraction of sp³-hybridized carbons (Fsp3) is 0.600. The van der Waals surface area contributed by atoms with Crippen LogP contribution in [0.4, 0.5) is 5.69 Å². The van der Waals surface area contributed by atoms with Gasteiger partial charge in [0.05, 0.1) is 0 Å². The van der Waals surface area contributed by atoms with E-state index in [4.69, 9.17) is 0 Å². The van der Waals surface area contributed by atoms with Crippen molar-refractivity contribution in [1.29, 1.82) is 0 Å². The van der Waals surface area contributed by atoms with Crippen LogP contribution in [0.5, 0.6) is 0 Å². The summed E-state index contributed by atoms with van der Waals surface area (Å²) >= 11 is 2.09. The van der Waals surface area contributed by atoms with Crippen LogP contribution in [0.1, 0.15) is 24.0 Å². The minimum absolute atomic E-state index is 0.722. The van der Waals surface area contributed by atoms with E-state index in [1.807, 2.05) is 0 Å². The van der Waals surface area contributed by atoms with Gasteiger partial charge in [-0.05, 0) is 42.2 Å². The van der Waals surface area contributed by atoms with Crippen LogP contribution in [0.2, 0.25) is 0 Å². The molecule has 1 aromatic carbocycles. The molecule has 1 N–H and O–H groups in total. The molecule has 2 nitrogen and oxygen atoms in total. The molecule has 2 aliphatic rings. The van der Waals surface area contributed by atoms with Crippen LogP contribution >= 0.6 is 11.8 Å². The normalized spacial score (nSPS) is 23.2. The Kier molecular flexibility index (Phi) is 3.80. The molecule has 1 saturated heterocycles. The summed E-state index contributed by atoms with van der Waals surface area (Å²) in [5, 5.41) is 3.71. The van der Waals surface area contributed by atoms with Gasteiger partial charge in [-0.1, -0.05) is 12.1 Å². The van der Waals surface area contributed by atoms with Gasteiger partial charge in [0.25, 0.3) is 0 Å². The van der Waals surface area contributed by atoms with Gasteiger partial charge in [-0.15, -0.1) is 0 Å². The van der Waals surface area contributed by atoms with Gasteiger partial charge in [-0.25, -0.2) is 0 Å². The van der Waals surface area contributed by atoms with Crippen molar-refractivity contribution in [3.05, 3.63) is 29.3 Å². The minimum atomic E-state index is 0.722. The summed E-state index contributed by atoms with van der Waals surface area (Å²) in [5.41, 5.74) is 4.39. The Balaban J connectivity index is 1.60. The first-order valence-electron chi connectivity index (χ1n) is 6.97. The van der Waals surface area contributed by atoms with E-state index in [1.54, 1.807) is 0 Å². The maximum Gasteiger partial charge on any atom is 0.0397 e. The molecule has 98 valence electrons. The van der Waals surface area contributed by atoms with Crippen molar-refractivity contribution in [2.45, 2.75) is 31.8 Å². The standard InChI is InChI=1S/C15H22N2S/c1-17-7-6-13-9-12(4-5-15(13)17)10-16-14-3-2-8-18-11-14/h4-5,9,14,16H,2-3,6-8,10-11H2,1H3. The first-order chi connectivity index (χ1) is 8.83. The number of nitrogens with one attached hydrogen (secondary N) is 1. The Bertz CT molecular complexity index is 413. The van der Waals surface area contributed by atoms with E-state index in [-0.39, 0.29) is 0 Å². The summed E-state index contributed by atoms with van der Waals surface area (Å²) in [4.78, 5) is 2.35. The molecule has 3 heteroatoms. The van der Waals surface area contributed by atoms with Crippen molar-refractivity contribution in [3.8, 4) is 0 Å². The van der Waals surface area contributed by atoms with Crippen LogP contribution in [0.15, 0.2) is 18.2 Å². The number of rotatable bonds is 3. The minimum Gasteiger partial charge on any atom is -0.374 e. The zero-order valence-electron chi connectivity index (χ0n) is 11.1. The number of fused-ring (bicyclic) bond motifs is 1. The zero-order valence-corrected chi connectivity index (χ0v) is 11.9. The SMILES string of the molecule is CN1CCc2cc(CNC3CCCSC3)ccc21. The average Bonchev–Trinajstić information content (AvgIpc) is 2.79. The maximum absolute atomic E-state index is 3.71. The highest BCUT2D eigenvalue weighted by Gasteiger charge is 2.16. The monoisotopic (exact) mass is 262 g/mol. The molecule has 0 saturated carbocycles. The molecule has 2 heterocycles. The number of hydrogen-bond acceptors (Lipinski definition) is 3. The van der Waals surface area contributed by atoms with Gasteiger partial charge in [-0.3, -0.25) is 0 Å². The summed E-state index contributed by atoms with van der Waals surface area (Å²) in [6.07, 6.45) is 3.93. The number of thioether (sulfide) groups is 1. The summed E-state index contributed by atoms with van der Waals surface area (Å²) in [6, 6.07) is 7.68. The number of likely N-dealkylation sites (N-methyl/N-ethyl adjacent to an activating group) is 1. The lowest BCUT2D eigenvalue weighted by molar-refractivity contribution is 0.507. The van der Waals surface area contributed by atoms with E-state index < -0.39 is 0 Å². The van der Waals surface area contributed by atoms with Crippen molar-refractivity contribution < 1.29 is 0 Å². The summed E-state index contributed by atoms with van der Waals surface area (Å²) in [6.45, 7) is 2.20. The van der Waals surface area contributed by atoms with Crippen LogP contribution in [-0.4, -0.2) is 31.1 Å². The highest BCUT2D eigenvalue weighted by molar-refractivity contribution is 7.99. The van der Waals surface area contributed by atoms with Gasteiger partial charge in [0.15, 0.2) is 0 Å². The number of benzene rings is 1. The van der Waals surface area contributed by atoms with Gasteiger partial charge in [0.2, 0.25) is 0 Å². The Morgan fingerprint density at radius 1 is 1.44 bits per heavy atom. The van der Waals surface area contributed by atoms with Crippen LogP contribution in [0.25, 0.3) is 0 Å². The Morgan fingerprint density at radius 3 is 3.22 bits per heavy atom. The molecule has 0 radical (unpaired) electrons. The van der Waals surface area contributed by atoms with E-state index in [2.05, 4.69) is 47.2 Å². The fourth-order valence-electron chi connectivity index (χ4n) is 2.89. The third kappa shape index (κ3) is 2.67. The molecule has 3 rings (SSSR count). The lowest BCUT2D eigenvalue weighted by Gasteiger charge is -2.22. The van der Waals surface area contributed by atoms with Crippen molar-refractivity contribution in [3.63, 3.8) is 0 Å². The largest absolute Gasteiger partial charge is 0.374 e.